The van der Waals surface area contributed by atoms with Crippen molar-refractivity contribution >= 4 is 33.2 Å². The predicted octanol–water partition coefficient (Wildman–Crippen LogP) is 4.77. The van der Waals surface area contributed by atoms with E-state index >= 15 is 0 Å². The van der Waals surface area contributed by atoms with Gasteiger partial charge in [-0.1, -0.05) is 44.2 Å². The standard InChI is InChI=1S/C32H42N4O5S/c1-24(2)22-30(33-31(37)26-13-17-28(18-14-26)35(3)4)32(38)36(21-9-12-25-10-7-6-8-11-25)23-42(39,40)34-27-15-19-29(41-5)20-16-27/h6-8,10-11,13-20,24,30,34H,9,12,21-23H2,1-5H3,(H,33,37)/t30-/m0/s1. The number of amides is 2. The van der Waals surface area contributed by atoms with Gasteiger partial charge in [-0.3, -0.25) is 14.3 Å². The average molecular weight is 595 g/mol. The van der Waals surface area contributed by atoms with Gasteiger partial charge in [0.15, 0.2) is 0 Å². The van der Waals surface area contributed by atoms with E-state index in [9.17, 15) is 18.0 Å². The molecule has 3 aromatic rings. The number of rotatable bonds is 15. The molecule has 0 fully saturated rings. The fourth-order valence-electron chi connectivity index (χ4n) is 4.50. The predicted molar refractivity (Wildman–Crippen MR) is 168 cm³/mol. The maximum absolute atomic E-state index is 13.9. The largest absolute Gasteiger partial charge is 0.497 e. The molecule has 0 aliphatic heterocycles. The monoisotopic (exact) mass is 594 g/mol. The molecule has 0 aliphatic carbocycles. The van der Waals surface area contributed by atoms with Crippen LogP contribution in [0.25, 0.3) is 0 Å². The van der Waals surface area contributed by atoms with E-state index in [4.69, 9.17) is 4.74 Å². The van der Waals surface area contributed by atoms with Gasteiger partial charge in [-0.25, -0.2) is 8.42 Å². The third-order valence-electron chi connectivity index (χ3n) is 6.69. The van der Waals surface area contributed by atoms with Gasteiger partial charge in [0.25, 0.3) is 15.9 Å². The Morgan fingerprint density at radius 1 is 0.905 bits per heavy atom. The SMILES string of the molecule is COc1ccc(NS(=O)(=O)CN(CCCc2ccccc2)C(=O)[C@H](CC(C)C)NC(=O)c2ccc(N(C)C)cc2)cc1. The molecule has 0 aliphatic rings. The Bertz CT molecular complexity index is 1390. The molecule has 2 N–H and O–H groups in total. The molecule has 2 amide bonds. The highest BCUT2D eigenvalue weighted by molar-refractivity contribution is 7.92. The molecule has 0 radical (unpaired) electrons. The number of carbonyl (C=O) groups excluding carboxylic acids is 2. The van der Waals surface area contributed by atoms with Gasteiger partial charge < -0.3 is 19.9 Å². The molecule has 0 aromatic heterocycles. The Morgan fingerprint density at radius 2 is 1.55 bits per heavy atom. The zero-order chi connectivity index (χ0) is 30.7. The van der Waals surface area contributed by atoms with E-state index in [1.54, 1.807) is 36.4 Å². The zero-order valence-corrected chi connectivity index (χ0v) is 25.9. The summed E-state index contributed by atoms with van der Waals surface area (Å²) in [5.74, 6) is -0.693. The first-order valence-electron chi connectivity index (χ1n) is 14.0. The van der Waals surface area contributed by atoms with Crippen LogP contribution in [0.15, 0.2) is 78.9 Å². The molecule has 226 valence electrons. The van der Waals surface area contributed by atoms with Crippen molar-refractivity contribution in [3.05, 3.63) is 90.0 Å². The van der Waals surface area contributed by atoms with Crippen molar-refractivity contribution in [2.75, 3.05) is 43.2 Å². The highest BCUT2D eigenvalue weighted by Gasteiger charge is 2.30. The number of methoxy groups -OCH3 is 1. The summed E-state index contributed by atoms with van der Waals surface area (Å²) in [6.45, 7) is 4.12. The topological polar surface area (TPSA) is 108 Å². The summed E-state index contributed by atoms with van der Waals surface area (Å²) < 4.78 is 34.2. The van der Waals surface area contributed by atoms with E-state index in [1.807, 2.05) is 75.3 Å². The minimum Gasteiger partial charge on any atom is -0.497 e. The number of benzene rings is 3. The second-order valence-corrected chi connectivity index (χ2v) is 12.6. The van der Waals surface area contributed by atoms with Crippen LogP contribution in [0.5, 0.6) is 5.75 Å². The van der Waals surface area contributed by atoms with E-state index in [-0.39, 0.29) is 18.4 Å². The summed E-state index contributed by atoms with van der Waals surface area (Å²) in [6.07, 6.45) is 1.60. The second-order valence-electron chi connectivity index (χ2n) is 10.9. The quantitative estimate of drug-likeness (QED) is 0.263. The molecule has 0 saturated heterocycles. The number of hydrogen-bond acceptors (Lipinski definition) is 6. The van der Waals surface area contributed by atoms with Crippen LogP contribution in [0.1, 0.15) is 42.6 Å². The minimum absolute atomic E-state index is 0.0792. The number of nitrogens with one attached hydrogen (secondary N) is 2. The molecule has 1 atom stereocenters. The van der Waals surface area contributed by atoms with Gasteiger partial charge in [-0.15, -0.1) is 0 Å². The third kappa shape index (κ3) is 10.1. The van der Waals surface area contributed by atoms with E-state index in [0.29, 0.717) is 36.3 Å². The summed E-state index contributed by atoms with van der Waals surface area (Å²) in [7, 11) is 1.41. The Morgan fingerprint density at radius 3 is 2.12 bits per heavy atom. The number of hydrogen-bond donors (Lipinski definition) is 2. The van der Waals surface area contributed by atoms with Crippen molar-refractivity contribution in [1.82, 2.24) is 10.2 Å². The molecular weight excluding hydrogens is 552 g/mol. The molecular formula is C32H42N4O5S. The van der Waals surface area contributed by atoms with Gasteiger partial charge in [0.05, 0.1) is 7.11 Å². The van der Waals surface area contributed by atoms with Crippen LogP contribution in [0.4, 0.5) is 11.4 Å². The summed E-state index contributed by atoms with van der Waals surface area (Å²) in [4.78, 5) is 30.4. The molecule has 3 aromatic carbocycles. The van der Waals surface area contributed by atoms with Gasteiger partial charge in [0.2, 0.25) is 5.91 Å². The molecule has 9 nitrogen and oxygen atoms in total. The van der Waals surface area contributed by atoms with Crippen LogP contribution in [-0.4, -0.2) is 64.8 Å². The van der Waals surface area contributed by atoms with Crippen molar-refractivity contribution in [2.24, 2.45) is 5.92 Å². The van der Waals surface area contributed by atoms with Gasteiger partial charge in [0, 0.05) is 37.6 Å². The number of nitrogens with zero attached hydrogens (tertiary/aromatic N) is 2. The molecule has 0 heterocycles. The number of sulfonamides is 1. The van der Waals surface area contributed by atoms with Crippen molar-refractivity contribution in [2.45, 2.75) is 39.2 Å². The molecule has 3 rings (SSSR count). The Balaban J connectivity index is 1.81. The average Bonchev–Trinajstić information content (AvgIpc) is 2.96. The van der Waals surface area contributed by atoms with Gasteiger partial charge in [-0.2, -0.15) is 0 Å². The summed E-state index contributed by atoms with van der Waals surface area (Å²) >= 11 is 0. The number of aryl methyl sites for hydroxylation is 1. The normalized spacial score (nSPS) is 12.0. The molecule has 0 unspecified atom stereocenters. The van der Waals surface area contributed by atoms with Gasteiger partial charge in [-0.05, 0) is 79.3 Å². The van der Waals surface area contributed by atoms with Crippen LogP contribution in [-0.2, 0) is 21.2 Å². The van der Waals surface area contributed by atoms with Gasteiger partial charge in [0.1, 0.15) is 17.7 Å². The Kier molecular flexibility index (Phi) is 11.8. The first kappa shape index (κ1) is 32.5. The highest BCUT2D eigenvalue weighted by atomic mass is 32.2. The van der Waals surface area contributed by atoms with E-state index < -0.39 is 27.8 Å². The second kappa shape index (κ2) is 15.3. The smallest absolute Gasteiger partial charge is 0.251 e. The summed E-state index contributed by atoms with van der Waals surface area (Å²) in [5.41, 5.74) is 2.82. The first-order valence-corrected chi connectivity index (χ1v) is 15.7. The van der Waals surface area contributed by atoms with Crippen molar-refractivity contribution in [3.63, 3.8) is 0 Å². The summed E-state index contributed by atoms with van der Waals surface area (Å²) in [6, 6.07) is 22.5. The Hall–Kier alpha value is -4.05. The fourth-order valence-corrected chi connectivity index (χ4v) is 5.73. The third-order valence-corrected chi connectivity index (χ3v) is 7.89. The lowest BCUT2D eigenvalue weighted by Crippen LogP contribution is -2.51. The fraction of sp³-hybridized carbons (Fsp3) is 0.375. The maximum Gasteiger partial charge on any atom is 0.251 e. The van der Waals surface area contributed by atoms with E-state index in [1.165, 1.54) is 12.0 Å². The lowest BCUT2D eigenvalue weighted by molar-refractivity contribution is -0.132. The Labute approximate surface area is 249 Å². The number of ether oxygens (including phenoxy) is 1. The van der Waals surface area contributed by atoms with Crippen molar-refractivity contribution in [1.29, 1.82) is 0 Å². The van der Waals surface area contributed by atoms with Crippen LogP contribution in [0, 0.1) is 5.92 Å². The van der Waals surface area contributed by atoms with Gasteiger partial charge >= 0.3 is 0 Å². The first-order chi connectivity index (χ1) is 20.0. The minimum atomic E-state index is -3.95. The molecule has 0 bridgehead atoms. The maximum atomic E-state index is 13.9. The molecule has 10 heteroatoms. The lowest BCUT2D eigenvalue weighted by atomic mass is 10.0. The zero-order valence-electron chi connectivity index (χ0n) is 25.0. The van der Waals surface area contributed by atoms with E-state index in [2.05, 4.69) is 10.0 Å². The highest BCUT2D eigenvalue weighted by Crippen LogP contribution is 2.18. The molecule has 42 heavy (non-hydrogen) atoms. The van der Waals surface area contributed by atoms with Crippen LogP contribution in [0.3, 0.4) is 0 Å². The number of carbonyl (C=O) groups is 2. The van der Waals surface area contributed by atoms with Crippen molar-refractivity contribution in [3.8, 4) is 5.75 Å². The van der Waals surface area contributed by atoms with Crippen LogP contribution >= 0.6 is 0 Å². The van der Waals surface area contributed by atoms with Crippen molar-refractivity contribution < 1.29 is 22.7 Å². The van der Waals surface area contributed by atoms with Crippen LogP contribution < -0.4 is 19.7 Å². The number of anilines is 2. The van der Waals surface area contributed by atoms with E-state index in [0.717, 1.165) is 11.3 Å². The van der Waals surface area contributed by atoms with Crippen LogP contribution in [0.2, 0.25) is 0 Å². The lowest BCUT2D eigenvalue weighted by Gasteiger charge is -2.29. The molecule has 0 saturated carbocycles. The molecule has 0 spiro atoms. The summed E-state index contributed by atoms with van der Waals surface area (Å²) in [5, 5.41) is 2.88.